The van der Waals surface area contributed by atoms with Gasteiger partial charge in [-0.15, -0.1) is 10.2 Å². The number of benzene rings is 3. The molecule has 0 bridgehead atoms. The van der Waals surface area contributed by atoms with Crippen molar-refractivity contribution in [1.82, 2.24) is 25.1 Å². The van der Waals surface area contributed by atoms with E-state index < -0.39 is 0 Å². The van der Waals surface area contributed by atoms with Crippen LogP contribution in [0, 0.1) is 6.92 Å². The summed E-state index contributed by atoms with van der Waals surface area (Å²) in [5.41, 5.74) is 4.75. The van der Waals surface area contributed by atoms with Crippen LogP contribution in [0.3, 0.4) is 0 Å². The van der Waals surface area contributed by atoms with Gasteiger partial charge in [0.1, 0.15) is 5.75 Å². The minimum absolute atomic E-state index is 0.0888. The van der Waals surface area contributed by atoms with E-state index >= 15 is 0 Å². The van der Waals surface area contributed by atoms with Crippen LogP contribution in [0.4, 0.5) is 0 Å². The number of nitrogens with zero attached hydrogens (tertiary/aromatic N) is 5. The lowest BCUT2D eigenvalue weighted by Crippen LogP contribution is -2.28. The highest BCUT2D eigenvalue weighted by Gasteiger charge is 2.33. The van der Waals surface area contributed by atoms with Crippen molar-refractivity contribution >= 4 is 29.3 Å². The van der Waals surface area contributed by atoms with Gasteiger partial charge in [0, 0.05) is 12.1 Å². The molecule has 11 heteroatoms. The molecule has 2 amide bonds. The van der Waals surface area contributed by atoms with Crippen LogP contribution in [-0.2, 0) is 11.3 Å². The van der Waals surface area contributed by atoms with Crippen LogP contribution in [-0.4, -0.2) is 50.2 Å². The van der Waals surface area contributed by atoms with E-state index in [1.807, 2.05) is 78.2 Å². The molecular weight excluding hydrogens is 576 g/mol. The largest absolute Gasteiger partial charge is 0.497 e. The summed E-state index contributed by atoms with van der Waals surface area (Å²) in [7, 11) is 1.63. The molecule has 1 aliphatic rings. The van der Waals surface area contributed by atoms with E-state index in [4.69, 9.17) is 14.3 Å². The van der Waals surface area contributed by atoms with Crippen LogP contribution in [0.2, 0.25) is 0 Å². The fourth-order valence-electron chi connectivity index (χ4n) is 4.94. The van der Waals surface area contributed by atoms with Gasteiger partial charge in [0.15, 0.2) is 16.7 Å². The smallest absolute Gasteiger partial charge is 0.287 e. The second kappa shape index (κ2) is 13.0. The van der Waals surface area contributed by atoms with Crippen molar-refractivity contribution in [2.45, 2.75) is 31.1 Å². The highest BCUT2D eigenvalue weighted by molar-refractivity contribution is 7.99. The lowest BCUT2D eigenvalue weighted by atomic mass is 9.97. The Kier molecular flexibility index (Phi) is 8.55. The number of methoxy groups -OCH3 is 1. The number of hydrazone groups is 1. The van der Waals surface area contributed by atoms with Crippen molar-refractivity contribution in [3.63, 3.8) is 0 Å². The third-order valence-electron chi connectivity index (χ3n) is 7.24. The number of hydrogen-bond donors (Lipinski definition) is 1. The molecule has 0 fully saturated rings. The van der Waals surface area contributed by atoms with E-state index in [0.717, 1.165) is 33.8 Å². The van der Waals surface area contributed by atoms with Crippen molar-refractivity contribution in [2.24, 2.45) is 5.10 Å². The van der Waals surface area contributed by atoms with Crippen LogP contribution < -0.4 is 10.1 Å². The average Bonchev–Trinajstić information content (AvgIpc) is 3.84. The third-order valence-corrected chi connectivity index (χ3v) is 8.16. The number of para-hydroxylation sites is 1. The Balaban J connectivity index is 1.23. The summed E-state index contributed by atoms with van der Waals surface area (Å²) in [5.74, 6) is 1.06. The molecule has 6 rings (SSSR count). The molecule has 0 saturated carbocycles. The number of aryl methyl sites for hydroxylation is 1. The second-order valence-electron chi connectivity index (χ2n) is 10.2. The van der Waals surface area contributed by atoms with E-state index in [1.54, 1.807) is 24.3 Å². The maximum absolute atomic E-state index is 13.8. The first-order valence-electron chi connectivity index (χ1n) is 14.0. The molecule has 1 atom stereocenters. The van der Waals surface area contributed by atoms with Gasteiger partial charge in [-0.05, 0) is 66.6 Å². The summed E-state index contributed by atoms with van der Waals surface area (Å²) in [6, 6.07) is 28.5. The fraction of sp³-hybridized carbons (Fsp3) is 0.182. The maximum Gasteiger partial charge on any atom is 0.287 e. The molecule has 1 aliphatic heterocycles. The van der Waals surface area contributed by atoms with E-state index in [9.17, 15) is 9.59 Å². The Hall–Kier alpha value is -5.16. The molecular formula is C33H30N6O4S. The molecule has 5 aromatic rings. The zero-order valence-electron chi connectivity index (χ0n) is 24.2. The number of furan rings is 1. The van der Waals surface area contributed by atoms with Crippen molar-refractivity contribution in [3.05, 3.63) is 126 Å². The van der Waals surface area contributed by atoms with Crippen molar-refractivity contribution < 1.29 is 18.7 Å². The summed E-state index contributed by atoms with van der Waals surface area (Å²) in [6.45, 7) is 2.16. The summed E-state index contributed by atoms with van der Waals surface area (Å²) >= 11 is 1.27. The molecule has 3 aromatic carbocycles. The molecule has 0 radical (unpaired) electrons. The minimum Gasteiger partial charge on any atom is -0.497 e. The van der Waals surface area contributed by atoms with Crippen molar-refractivity contribution in [3.8, 4) is 11.4 Å². The van der Waals surface area contributed by atoms with E-state index in [0.29, 0.717) is 17.4 Å². The monoisotopic (exact) mass is 606 g/mol. The normalized spacial score (nSPS) is 14.4. The van der Waals surface area contributed by atoms with Gasteiger partial charge in [-0.2, -0.15) is 5.10 Å². The van der Waals surface area contributed by atoms with Crippen LogP contribution in [0.15, 0.2) is 112 Å². The molecule has 1 N–H and O–H groups in total. The Morgan fingerprint density at radius 1 is 0.977 bits per heavy atom. The first-order valence-corrected chi connectivity index (χ1v) is 15.0. The van der Waals surface area contributed by atoms with Crippen LogP contribution in [0.5, 0.6) is 5.75 Å². The number of rotatable bonds is 10. The third kappa shape index (κ3) is 6.28. The molecule has 1 unspecified atom stereocenters. The predicted octanol–water partition coefficient (Wildman–Crippen LogP) is 5.58. The van der Waals surface area contributed by atoms with Gasteiger partial charge >= 0.3 is 0 Å². The quantitative estimate of drug-likeness (QED) is 0.207. The van der Waals surface area contributed by atoms with Crippen LogP contribution in [0.25, 0.3) is 5.69 Å². The van der Waals surface area contributed by atoms with Gasteiger partial charge in [0.2, 0.25) is 0 Å². The number of carbonyl (C=O) groups excluding carboxylic acids is 2. The van der Waals surface area contributed by atoms with Gasteiger partial charge < -0.3 is 14.5 Å². The number of ether oxygens (including phenoxy) is 1. The first kappa shape index (κ1) is 28.9. The van der Waals surface area contributed by atoms with E-state index in [1.165, 1.54) is 18.0 Å². The summed E-state index contributed by atoms with van der Waals surface area (Å²) in [6.07, 6.45) is 2.03. The Labute approximate surface area is 258 Å². The van der Waals surface area contributed by atoms with Crippen molar-refractivity contribution in [1.29, 1.82) is 0 Å². The second-order valence-corrected chi connectivity index (χ2v) is 11.1. The van der Waals surface area contributed by atoms with E-state index in [2.05, 4.69) is 27.6 Å². The molecule has 10 nitrogen and oxygen atoms in total. The van der Waals surface area contributed by atoms with Crippen molar-refractivity contribution in [2.75, 3.05) is 12.9 Å². The summed E-state index contributed by atoms with van der Waals surface area (Å²) in [4.78, 5) is 26.3. The Bertz CT molecular complexity index is 1770. The Morgan fingerprint density at radius 3 is 2.45 bits per heavy atom. The molecule has 44 heavy (non-hydrogen) atoms. The van der Waals surface area contributed by atoms with Gasteiger partial charge in [-0.25, -0.2) is 5.01 Å². The van der Waals surface area contributed by atoms with Gasteiger partial charge in [0.05, 0.1) is 37.4 Å². The number of amides is 2. The fourth-order valence-corrected chi connectivity index (χ4v) is 5.76. The number of nitrogens with one attached hydrogen (secondary N) is 1. The maximum atomic E-state index is 13.8. The minimum atomic E-state index is -0.358. The topological polar surface area (TPSA) is 115 Å². The lowest BCUT2D eigenvalue weighted by Gasteiger charge is -2.22. The van der Waals surface area contributed by atoms with Crippen LogP contribution >= 0.6 is 11.8 Å². The number of thioether (sulfide) groups is 1. The highest BCUT2D eigenvalue weighted by atomic mass is 32.2. The zero-order chi connectivity index (χ0) is 30.5. The first-order chi connectivity index (χ1) is 21.5. The zero-order valence-corrected chi connectivity index (χ0v) is 25.0. The number of aromatic nitrogens is 3. The summed E-state index contributed by atoms with van der Waals surface area (Å²) < 4.78 is 12.3. The standard InChI is InChI=1S/C33H30N6O4S/c1-22-10-12-24(13-11-22)28-19-27(23-14-16-26(42-2)17-15-23)37-39(28)31(40)21-44-33-36-35-30(38(33)25-7-4-3-5-8-25)20-34-32(41)29-9-6-18-43-29/h3-18,28H,19-21H2,1-2H3,(H,34,41). The molecule has 0 aliphatic carbocycles. The predicted molar refractivity (Wildman–Crippen MR) is 167 cm³/mol. The average molecular weight is 607 g/mol. The molecule has 0 spiro atoms. The molecule has 2 aromatic heterocycles. The number of carbonyl (C=O) groups is 2. The molecule has 0 saturated heterocycles. The van der Waals surface area contributed by atoms with Gasteiger partial charge in [-0.3, -0.25) is 14.2 Å². The highest BCUT2D eigenvalue weighted by Crippen LogP contribution is 2.34. The lowest BCUT2D eigenvalue weighted by molar-refractivity contribution is -0.130. The van der Waals surface area contributed by atoms with E-state index in [-0.39, 0.29) is 35.9 Å². The summed E-state index contributed by atoms with van der Waals surface area (Å²) in [5, 5.41) is 18.5. The Morgan fingerprint density at radius 2 is 1.75 bits per heavy atom. The van der Waals surface area contributed by atoms with Crippen LogP contribution in [0.1, 0.15) is 45.5 Å². The SMILES string of the molecule is COc1ccc(C2=NN(C(=O)CSc3nnc(CNC(=O)c4ccco4)n3-c3ccccc3)C(c3ccc(C)cc3)C2)cc1. The van der Waals surface area contributed by atoms with Gasteiger partial charge in [-0.1, -0.05) is 59.8 Å². The number of hydrogen-bond acceptors (Lipinski definition) is 8. The molecule has 222 valence electrons. The van der Waals surface area contributed by atoms with Gasteiger partial charge in [0.25, 0.3) is 11.8 Å². The molecule has 3 heterocycles.